The summed E-state index contributed by atoms with van der Waals surface area (Å²) in [6.07, 6.45) is 5.61. The van der Waals surface area contributed by atoms with Gasteiger partial charge in [-0.25, -0.2) is 15.0 Å². The second-order valence-electron chi connectivity index (χ2n) is 9.71. The summed E-state index contributed by atoms with van der Waals surface area (Å²) in [4.78, 5) is 21.6. The monoisotopic (exact) mass is 498 g/mol. The highest BCUT2D eigenvalue weighted by molar-refractivity contribution is 5.82. The molecule has 6 heterocycles. The zero-order valence-corrected chi connectivity index (χ0v) is 21.5. The van der Waals surface area contributed by atoms with E-state index in [9.17, 15) is 0 Å². The van der Waals surface area contributed by atoms with E-state index in [2.05, 4.69) is 56.8 Å². The summed E-state index contributed by atoms with van der Waals surface area (Å²) in [6.45, 7) is 11.0. The average Bonchev–Trinajstić information content (AvgIpc) is 3.45. The fourth-order valence-corrected chi connectivity index (χ4v) is 4.74. The Morgan fingerprint density at radius 3 is 2.84 bits per heavy atom. The molecule has 1 fully saturated rings. The van der Waals surface area contributed by atoms with Crippen molar-refractivity contribution in [3.8, 4) is 11.5 Å². The van der Waals surface area contributed by atoms with Crippen LogP contribution in [0.4, 0.5) is 11.6 Å². The van der Waals surface area contributed by atoms with Crippen LogP contribution in [0.1, 0.15) is 32.3 Å². The molecule has 0 bridgehead atoms. The lowest BCUT2D eigenvalue weighted by molar-refractivity contribution is 0.0985. The van der Waals surface area contributed by atoms with Gasteiger partial charge in [0.1, 0.15) is 22.9 Å². The van der Waals surface area contributed by atoms with Crippen LogP contribution in [0.25, 0.3) is 28.2 Å². The fourth-order valence-electron chi connectivity index (χ4n) is 4.74. The Kier molecular flexibility index (Phi) is 5.91. The number of nitrogens with zero attached hydrogens (tertiary/aromatic N) is 9. The maximum Gasteiger partial charge on any atom is 0.203 e. The van der Waals surface area contributed by atoms with Crippen molar-refractivity contribution in [3.63, 3.8) is 0 Å². The maximum atomic E-state index is 5.64. The molecule has 1 saturated heterocycles. The lowest BCUT2D eigenvalue weighted by Gasteiger charge is -2.34. The van der Waals surface area contributed by atoms with Crippen molar-refractivity contribution < 1.29 is 4.74 Å². The predicted octanol–water partition coefficient (Wildman–Crippen LogP) is 3.33. The van der Waals surface area contributed by atoms with Gasteiger partial charge in [0, 0.05) is 31.0 Å². The Labute approximate surface area is 214 Å². The molecule has 1 aliphatic heterocycles. The molecule has 0 aliphatic carbocycles. The Morgan fingerprint density at radius 2 is 2.05 bits per heavy atom. The van der Waals surface area contributed by atoms with Gasteiger partial charge in [-0.05, 0) is 39.8 Å². The molecule has 190 valence electrons. The van der Waals surface area contributed by atoms with Gasteiger partial charge in [-0.2, -0.15) is 0 Å². The summed E-state index contributed by atoms with van der Waals surface area (Å²) in [5, 5.41) is 12.0. The smallest absolute Gasteiger partial charge is 0.203 e. The average molecular weight is 499 g/mol. The summed E-state index contributed by atoms with van der Waals surface area (Å²) in [6, 6.07) is 8.49. The van der Waals surface area contributed by atoms with Crippen molar-refractivity contribution in [2.75, 3.05) is 30.0 Å². The van der Waals surface area contributed by atoms with Gasteiger partial charge in [-0.3, -0.25) is 9.38 Å². The normalized spacial score (nSPS) is 16.2. The number of fused-ring (bicyclic) bond motifs is 2. The molecule has 0 unspecified atom stereocenters. The van der Waals surface area contributed by atoms with Gasteiger partial charge in [0.15, 0.2) is 11.6 Å². The Morgan fingerprint density at radius 1 is 1.16 bits per heavy atom. The van der Waals surface area contributed by atoms with Gasteiger partial charge in [-0.15, -0.1) is 10.2 Å². The quantitative estimate of drug-likeness (QED) is 0.377. The highest BCUT2D eigenvalue weighted by atomic mass is 16.5. The summed E-state index contributed by atoms with van der Waals surface area (Å²) in [5.74, 6) is 3.10. The van der Waals surface area contributed by atoms with Crippen LogP contribution in [0.2, 0.25) is 0 Å². The van der Waals surface area contributed by atoms with Crippen molar-refractivity contribution >= 4 is 28.3 Å². The second-order valence-corrected chi connectivity index (χ2v) is 9.71. The van der Waals surface area contributed by atoms with Gasteiger partial charge in [0.2, 0.25) is 5.65 Å². The highest BCUT2D eigenvalue weighted by Gasteiger charge is 2.23. The number of hydrogen-bond acceptors (Lipinski definition) is 9. The van der Waals surface area contributed by atoms with E-state index in [1.54, 1.807) is 0 Å². The number of pyridine rings is 2. The van der Waals surface area contributed by atoms with Crippen LogP contribution < -0.4 is 10.2 Å². The first-order valence-corrected chi connectivity index (χ1v) is 12.6. The Hall–Kier alpha value is -4.12. The summed E-state index contributed by atoms with van der Waals surface area (Å²) in [7, 11) is 0. The number of rotatable bonds is 6. The van der Waals surface area contributed by atoms with E-state index in [0.717, 1.165) is 40.7 Å². The molecule has 0 radical (unpaired) electrons. The third-order valence-electron chi connectivity index (χ3n) is 6.54. The molecule has 0 saturated carbocycles. The Balaban J connectivity index is 1.55. The van der Waals surface area contributed by atoms with Gasteiger partial charge < -0.3 is 19.5 Å². The number of ether oxygens (including phenoxy) is 1. The number of hydrogen-bond donors (Lipinski definition) is 1. The van der Waals surface area contributed by atoms with E-state index in [0.29, 0.717) is 36.9 Å². The standard InChI is InChI=1S/C26H30N10O/c1-16(2)29-24-26-33-32-18(4)35(26)14-21(30-24)25-31-20-12-28-23(34-9-10-37-15-17(34)3)11-22(20)36(25)13-19-7-5-6-8-27-19/h5-8,11-12,14,16-17H,9-10,13,15H2,1-4H3,(H,29,30)/t17-/m1/s1. The molecule has 0 amide bonds. The minimum Gasteiger partial charge on any atom is -0.377 e. The SMILES string of the molecule is Cc1nnc2c(NC(C)C)nc(-c3nc4cnc(N5CCOC[C@H]5C)cc4n3Cc3ccccn3)cn12. The molecular weight excluding hydrogens is 468 g/mol. The van der Waals surface area contributed by atoms with Crippen LogP contribution >= 0.6 is 0 Å². The predicted molar refractivity (Wildman–Crippen MR) is 142 cm³/mol. The third kappa shape index (κ3) is 4.35. The lowest BCUT2D eigenvalue weighted by atomic mass is 10.2. The van der Waals surface area contributed by atoms with Crippen LogP contribution in [0, 0.1) is 6.92 Å². The van der Waals surface area contributed by atoms with E-state index >= 15 is 0 Å². The van der Waals surface area contributed by atoms with Gasteiger partial charge in [-0.1, -0.05) is 6.07 Å². The molecule has 0 spiro atoms. The number of imidazole rings is 1. The summed E-state index contributed by atoms with van der Waals surface area (Å²) < 4.78 is 9.76. The van der Waals surface area contributed by atoms with E-state index < -0.39 is 0 Å². The van der Waals surface area contributed by atoms with Crippen molar-refractivity contribution in [3.05, 3.63) is 54.4 Å². The minimum atomic E-state index is 0.179. The first-order chi connectivity index (χ1) is 18.0. The highest BCUT2D eigenvalue weighted by Crippen LogP contribution is 2.29. The van der Waals surface area contributed by atoms with Crippen molar-refractivity contribution in [2.45, 2.75) is 46.3 Å². The van der Waals surface area contributed by atoms with Gasteiger partial charge in [0.05, 0.1) is 43.2 Å². The third-order valence-corrected chi connectivity index (χ3v) is 6.54. The molecule has 1 N–H and O–H groups in total. The summed E-state index contributed by atoms with van der Waals surface area (Å²) in [5.41, 5.74) is 4.12. The molecule has 37 heavy (non-hydrogen) atoms. The number of anilines is 2. The molecule has 11 nitrogen and oxygen atoms in total. The topological polar surface area (TPSA) is 111 Å². The van der Waals surface area contributed by atoms with Crippen LogP contribution in [0.15, 0.2) is 42.9 Å². The van der Waals surface area contributed by atoms with Crippen LogP contribution in [-0.4, -0.2) is 70.9 Å². The van der Waals surface area contributed by atoms with Gasteiger partial charge in [0.25, 0.3) is 0 Å². The Bertz CT molecular complexity index is 1560. The van der Waals surface area contributed by atoms with E-state index in [-0.39, 0.29) is 12.1 Å². The second kappa shape index (κ2) is 9.40. The molecule has 6 rings (SSSR count). The fraction of sp³-hybridized carbons (Fsp3) is 0.385. The molecule has 5 aromatic heterocycles. The number of aryl methyl sites for hydroxylation is 1. The maximum absolute atomic E-state index is 5.64. The van der Waals surface area contributed by atoms with Crippen molar-refractivity contribution in [2.24, 2.45) is 0 Å². The first-order valence-electron chi connectivity index (χ1n) is 12.6. The molecule has 11 heteroatoms. The molecule has 0 aromatic carbocycles. The molecule has 5 aromatic rings. The van der Waals surface area contributed by atoms with E-state index in [1.807, 2.05) is 48.1 Å². The summed E-state index contributed by atoms with van der Waals surface area (Å²) >= 11 is 0. The van der Waals surface area contributed by atoms with Crippen LogP contribution in [-0.2, 0) is 11.3 Å². The minimum absolute atomic E-state index is 0.179. The first kappa shape index (κ1) is 23.3. The number of aromatic nitrogens is 8. The van der Waals surface area contributed by atoms with Crippen LogP contribution in [0.5, 0.6) is 0 Å². The zero-order chi connectivity index (χ0) is 25.5. The molecule has 1 aliphatic rings. The van der Waals surface area contributed by atoms with Crippen molar-refractivity contribution in [1.82, 2.24) is 39.1 Å². The zero-order valence-electron chi connectivity index (χ0n) is 21.5. The lowest BCUT2D eigenvalue weighted by Crippen LogP contribution is -2.44. The number of nitrogens with one attached hydrogen (secondary N) is 1. The van der Waals surface area contributed by atoms with E-state index in [4.69, 9.17) is 19.7 Å². The van der Waals surface area contributed by atoms with Gasteiger partial charge >= 0.3 is 0 Å². The largest absolute Gasteiger partial charge is 0.377 e. The molecule has 1 atom stereocenters. The van der Waals surface area contributed by atoms with Crippen LogP contribution in [0.3, 0.4) is 0 Å². The number of morpholine rings is 1. The van der Waals surface area contributed by atoms with Crippen molar-refractivity contribution in [1.29, 1.82) is 0 Å². The molecular formula is C26H30N10O. The van der Waals surface area contributed by atoms with E-state index in [1.165, 1.54) is 0 Å².